The average Bonchev–Trinajstić information content (AvgIpc) is 3.74. The molecule has 80 heavy (non-hydrogen) atoms. The molecule has 0 aromatic heterocycles. The number of amides is 4. The van der Waals surface area contributed by atoms with Crippen molar-refractivity contribution in [3.63, 3.8) is 0 Å². The van der Waals surface area contributed by atoms with E-state index < -0.39 is 70.4 Å². The Balaban J connectivity index is 0.000000410. The van der Waals surface area contributed by atoms with E-state index in [-0.39, 0.29) is 57.8 Å². The monoisotopic (exact) mass is 1110 g/mol. The quantitative estimate of drug-likeness (QED) is 0.0954. The molecule has 2 heterocycles. The van der Waals surface area contributed by atoms with Crippen molar-refractivity contribution in [2.24, 2.45) is 0 Å². The van der Waals surface area contributed by atoms with Gasteiger partial charge < -0.3 is 28.4 Å². The number of hydrogen-bond donors (Lipinski definition) is 2. The van der Waals surface area contributed by atoms with Crippen molar-refractivity contribution in [3.05, 3.63) is 144 Å². The molecule has 2 N–H and O–H groups in total. The molecule has 0 aliphatic carbocycles. The molecule has 2 fully saturated rings. The molecule has 0 radical (unpaired) electrons. The van der Waals surface area contributed by atoms with Crippen molar-refractivity contribution < 1.29 is 57.2 Å². The molecule has 2 saturated heterocycles. The van der Waals surface area contributed by atoms with Gasteiger partial charge in [-0.3, -0.25) is 30.0 Å². The zero-order valence-corrected chi connectivity index (χ0v) is 48.5. The van der Waals surface area contributed by atoms with Crippen LogP contribution in [0.1, 0.15) is 173 Å². The summed E-state index contributed by atoms with van der Waals surface area (Å²) < 4.78 is 34.7. The highest BCUT2D eigenvalue weighted by molar-refractivity contribution is 5.92. The molecule has 0 bridgehead atoms. The number of anilines is 2. The highest BCUT2D eigenvalue weighted by Crippen LogP contribution is 2.45. The number of hydrogen-bond acceptors (Lipinski definition) is 12. The molecule has 4 aromatic carbocycles. The maximum atomic E-state index is 13.3. The third-order valence-electron chi connectivity index (χ3n) is 11.9. The minimum atomic E-state index is -0.960. The number of ketones is 2. The lowest BCUT2D eigenvalue weighted by Crippen LogP contribution is -2.50. The van der Waals surface area contributed by atoms with E-state index in [2.05, 4.69) is 10.6 Å². The Hall–Kier alpha value is -7.04. The zero-order chi connectivity index (χ0) is 58.0. The maximum Gasteiger partial charge on any atom is 0.413 e. The lowest BCUT2D eigenvalue weighted by atomic mass is 9.95. The number of carbonyl (C=O) groups is 6. The molecule has 2 aliphatic rings. The van der Waals surface area contributed by atoms with Crippen molar-refractivity contribution in [1.82, 2.24) is 9.80 Å². The van der Waals surface area contributed by atoms with Crippen LogP contribution in [-0.4, -0.2) is 91.7 Å². The molecule has 6 rings (SSSR count). The van der Waals surface area contributed by atoms with E-state index in [4.69, 9.17) is 28.4 Å². The van der Waals surface area contributed by atoms with Crippen molar-refractivity contribution in [1.29, 1.82) is 0 Å². The van der Waals surface area contributed by atoms with Crippen molar-refractivity contribution in [2.75, 3.05) is 10.6 Å². The van der Waals surface area contributed by atoms with Crippen molar-refractivity contribution in [3.8, 4) is 0 Å². The van der Waals surface area contributed by atoms with Crippen LogP contribution in [0, 0.1) is 0 Å². The number of benzene rings is 4. The minimum absolute atomic E-state index is 0. The number of Topliss-reactive ketones (excluding diaryl/α,β-unsaturated/α-hetero) is 1. The maximum absolute atomic E-state index is 13.3. The number of carbonyl (C=O) groups excluding carboxylic acids is 6. The lowest BCUT2D eigenvalue weighted by molar-refractivity contribution is -0.119. The average molecular weight is 1110 g/mol. The molecular formula is C64H90N4O12. The number of rotatable bonds is 13. The molecule has 4 amide bonds. The predicted octanol–water partition coefficient (Wildman–Crippen LogP) is 15.1. The smallest absolute Gasteiger partial charge is 0.413 e. The summed E-state index contributed by atoms with van der Waals surface area (Å²) >= 11 is 0. The summed E-state index contributed by atoms with van der Waals surface area (Å²) in [5, 5.41) is 5.37. The van der Waals surface area contributed by atoms with Crippen LogP contribution in [0.4, 0.5) is 30.6 Å². The second-order valence-corrected chi connectivity index (χ2v) is 24.5. The highest BCUT2D eigenvalue weighted by Gasteiger charge is 2.52. The van der Waals surface area contributed by atoms with Crippen LogP contribution in [0.15, 0.2) is 121 Å². The number of allylic oxidation sites excluding steroid dienone is 1. The van der Waals surface area contributed by atoms with Gasteiger partial charge in [-0.05, 0) is 170 Å². The van der Waals surface area contributed by atoms with Gasteiger partial charge in [0.25, 0.3) is 0 Å². The molecule has 0 saturated carbocycles. The second-order valence-electron chi connectivity index (χ2n) is 24.5. The fourth-order valence-electron chi connectivity index (χ4n) is 8.89. The predicted molar refractivity (Wildman–Crippen MR) is 314 cm³/mol. The Kier molecular flexibility index (Phi) is 23.0. The first-order valence-corrected chi connectivity index (χ1v) is 26.5. The van der Waals surface area contributed by atoms with Gasteiger partial charge in [-0.25, -0.2) is 19.2 Å². The van der Waals surface area contributed by atoms with Gasteiger partial charge in [0, 0.05) is 30.6 Å². The molecule has 0 spiro atoms. The molecular weight excluding hydrogens is 1020 g/mol. The van der Waals surface area contributed by atoms with Crippen LogP contribution in [0.2, 0.25) is 0 Å². The van der Waals surface area contributed by atoms with E-state index in [1.807, 2.05) is 142 Å². The van der Waals surface area contributed by atoms with E-state index >= 15 is 0 Å². The zero-order valence-electron chi connectivity index (χ0n) is 48.5. The topological polar surface area (TPSA) is 188 Å². The normalized spacial score (nSPS) is 18.6. The van der Waals surface area contributed by atoms with Gasteiger partial charge in [-0.15, -0.1) is 0 Å². The largest absolute Gasteiger partial charge is 0.444 e. The van der Waals surface area contributed by atoms with Crippen LogP contribution in [0.3, 0.4) is 0 Å². The van der Waals surface area contributed by atoms with Crippen LogP contribution < -0.4 is 10.6 Å². The van der Waals surface area contributed by atoms with Gasteiger partial charge in [0.15, 0.2) is 5.78 Å². The Morgan fingerprint density at radius 2 is 0.887 bits per heavy atom. The Bertz CT molecular complexity index is 2710. The van der Waals surface area contributed by atoms with Crippen LogP contribution in [0.25, 0.3) is 0 Å². The van der Waals surface area contributed by atoms with Crippen LogP contribution in [-0.2, 0) is 50.9 Å². The van der Waals surface area contributed by atoms with E-state index in [0.717, 1.165) is 22.3 Å². The summed E-state index contributed by atoms with van der Waals surface area (Å²) in [6.45, 7) is 29.0. The van der Waals surface area contributed by atoms with Crippen molar-refractivity contribution in [2.45, 2.75) is 209 Å². The summed E-state index contributed by atoms with van der Waals surface area (Å²) in [6.07, 6.45) is 1.40. The van der Waals surface area contributed by atoms with Gasteiger partial charge in [0.1, 0.15) is 51.8 Å². The first-order valence-electron chi connectivity index (χ1n) is 26.5. The van der Waals surface area contributed by atoms with E-state index in [9.17, 15) is 28.8 Å². The molecule has 4 aromatic rings. The summed E-state index contributed by atoms with van der Waals surface area (Å²) in [5.41, 5.74) is 0.210. The number of ether oxygens (including phenoxy) is 6. The Morgan fingerprint density at radius 3 is 1.31 bits per heavy atom. The SMILES string of the molecule is C.C.CC(C)(C)OC(=O)Nc1ccc(CC(=O)/C=C/[C@@H]2[C@@H](c3ccccc3)OC(C)(C)N2C(=O)OC(C)(C)C)cc1.CC(C)(C)OC(=O)Nc1ccc(CC(=O)CC[C@@H]2[C@@H](c3ccccc3)OC(C)(C)N2C(=O)OC(C)(C)C)cc1. The Labute approximate surface area is 476 Å². The highest BCUT2D eigenvalue weighted by atomic mass is 16.6. The Morgan fingerprint density at radius 1 is 0.512 bits per heavy atom. The third kappa shape index (κ3) is 20.9. The summed E-state index contributed by atoms with van der Waals surface area (Å²) in [4.78, 5) is 79.7. The number of nitrogens with zero attached hydrogens (tertiary/aromatic N) is 2. The van der Waals surface area contributed by atoms with Gasteiger partial charge >= 0.3 is 24.4 Å². The molecule has 4 atom stereocenters. The van der Waals surface area contributed by atoms with E-state index in [1.165, 1.54) is 6.08 Å². The first-order chi connectivity index (χ1) is 36.1. The standard InChI is InChI=1S/C31H42N2O6.C31H40N2O6.2CH4/c2*1-29(2,3)38-27(35)32-23-16-14-21(15-17-23)20-24(34)18-19-25-26(22-12-10-9-11-13-22)37-31(7,8)33(25)28(36)39-30(4,5)6;;/h9-17,25-26H,18-20H2,1-8H3,(H,32,35);9-19,25-26H,20H2,1-8H3,(H,32,35);2*1H4/b;19-18+;;/t2*25-,26-;;/m11../s1. The third-order valence-corrected chi connectivity index (χ3v) is 11.9. The van der Waals surface area contributed by atoms with Gasteiger partial charge in [0.05, 0.1) is 12.1 Å². The lowest BCUT2D eigenvalue weighted by Gasteiger charge is -2.35. The van der Waals surface area contributed by atoms with Gasteiger partial charge in [-0.2, -0.15) is 0 Å². The van der Waals surface area contributed by atoms with E-state index in [1.54, 1.807) is 93.8 Å². The molecule has 16 nitrogen and oxygen atoms in total. The second kappa shape index (κ2) is 27.4. The fourth-order valence-corrected chi connectivity index (χ4v) is 8.89. The van der Waals surface area contributed by atoms with Gasteiger partial charge in [0.2, 0.25) is 0 Å². The first kappa shape index (κ1) is 67.2. The summed E-state index contributed by atoms with van der Waals surface area (Å²) in [6, 6.07) is 32.6. The van der Waals surface area contributed by atoms with E-state index in [0.29, 0.717) is 17.8 Å². The molecule has 0 unspecified atom stereocenters. The van der Waals surface area contributed by atoms with Crippen molar-refractivity contribution >= 4 is 47.3 Å². The molecule has 438 valence electrons. The van der Waals surface area contributed by atoms with Gasteiger partial charge in [-0.1, -0.05) is 106 Å². The minimum Gasteiger partial charge on any atom is -0.444 e. The molecule has 16 heteroatoms. The fraction of sp³-hybridized carbons (Fsp3) is 0.500. The number of nitrogens with one attached hydrogen (secondary N) is 2. The summed E-state index contributed by atoms with van der Waals surface area (Å²) in [7, 11) is 0. The molecule has 2 aliphatic heterocycles. The summed E-state index contributed by atoms with van der Waals surface area (Å²) in [5.74, 6) is -0.0907. The van der Waals surface area contributed by atoms with Crippen LogP contribution in [0.5, 0.6) is 0 Å². The van der Waals surface area contributed by atoms with Crippen LogP contribution >= 0.6 is 0 Å².